The van der Waals surface area contributed by atoms with Gasteiger partial charge >= 0.3 is 0 Å². The standard InChI is InChI=1S/C7H7FO/c8-7-4-2-1-3-6(7)5-9/h1-4,9H,5H2/i2D. The molecule has 0 bridgehead atoms. The zero-order valence-electron chi connectivity index (χ0n) is 5.76. The second kappa shape index (κ2) is 2.60. The highest BCUT2D eigenvalue weighted by Gasteiger charge is 1.94. The summed E-state index contributed by atoms with van der Waals surface area (Å²) >= 11 is 0. The van der Waals surface area contributed by atoms with Crippen LogP contribution in [0.2, 0.25) is 0 Å². The predicted octanol–water partition coefficient (Wildman–Crippen LogP) is 1.32. The first-order chi connectivity index (χ1) is 4.74. The third-order valence-electron chi connectivity index (χ3n) is 1.07. The van der Waals surface area contributed by atoms with Crippen molar-refractivity contribution in [2.45, 2.75) is 6.61 Å². The first-order valence-electron chi connectivity index (χ1n) is 3.10. The number of aliphatic hydroxyl groups is 1. The molecule has 0 aliphatic carbocycles. The van der Waals surface area contributed by atoms with E-state index < -0.39 is 5.82 Å². The smallest absolute Gasteiger partial charge is 0.128 e. The second-order valence-electron chi connectivity index (χ2n) is 1.68. The van der Waals surface area contributed by atoms with E-state index >= 15 is 0 Å². The van der Waals surface area contributed by atoms with Gasteiger partial charge in [-0.3, -0.25) is 0 Å². The highest BCUT2D eigenvalue weighted by atomic mass is 19.1. The number of hydrogen-bond acceptors (Lipinski definition) is 1. The Hall–Kier alpha value is -0.890. The van der Waals surface area contributed by atoms with Crippen LogP contribution in [0.3, 0.4) is 0 Å². The summed E-state index contributed by atoms with van der Waals surface area (Å²) in [6, 6.07) is 4.03. The van der Waals surface area contributed by atoms with E-state index in [1.54, 1.807) is 0 Å². The third kappa shape index (κ3) is 1.27. The Morgan fingerprint density at radius 2 is 2.44 bits per heavy atom. The van der Waals surface area contributed by atoms with Crippen molar-refractivity contribution in [3.63, 3.8) is 0 Å². The van der Waals surface area contributed by atoms with E-state index in [4.69, 9.17) is 6.48 Å². The largest absolute Gasteiger partial charge is 0.392 e. The molecule has 1 aromatic rings. The molecule has 48 valence electrons. The molecule has 0 aliphatic heterocycles. The van der Waals surface area contributed by atoms with Crippen molar-refractivity contribution in [3.05, 3.63) is 35.6 Å². The van der Waals surface area contributed by atoms with Crippen LogP contribution in [-0.4, -0.2) is 5.11 Å². The highest BCUT2D eigenvalue weighted by Crippen LogP contribution is 2.04. The molecule has 1 nitrogen and oxygen atoms in total. The molecule has 0 radical (unpaired) electrons. The van der Waals surface area contributed by atoms with Crippen LogP contribution in [0.1, 0.15) is 6.93 Å². The summed E-state index contributed by atoms with van der Waals surface area (Å²) in [6.07, 6.45) is 0. The average Bonchev–Trinajstić information content (AvgIpc) is 1.88. The molecule has 0 saturated carbocycles. The van der Waals surface area contributed by atoms with Gasteiger partial charge in [-0.15, -0.1) is 0 Å². The number of hydrogen-bond donors (Lipinski definition) is 1. The summed E-state index contributed by atoms with van der Waals surface area (Å²) in [7, 11) is 0. The SMILES string of the molecule is [2H]c1ccc(CO)c(F)c1. The summed E-state index contributed by atoms with van der Waals surface area (Å²) in [5.41, 5.74) is 0.232. The molecule has 1 rings (SSSR count). The molecule has 1 N–H and O–H groups in total. The summed E-state index contributed by atoms with van der Waals surface area (Å²) in [5.74, 6) is -0.519. The van der Waals surface area contributed by atoms with Crippen molar-refractivity contribution in [2.24, 2.45) is 0 Å². The first-order valence-corrected chi connectivity index (χ1v) is 2.60. The monoisotopic (exact) mass is 127 g/mol. The lowest BCUT2D eigenvalue weighted by Gasteiger charge is -1.94. The Bertz CT molecular complexity index is 237. The molecule has 0 fully saturated rings. The fraction of sp³-hybridized carbons (Fsp3) is 0.143. The van der Waals surface area contributed by atoms with Crippen LogP contribution < -0.4 is 0 Å². The first kappa shape index (κ1) is 4.94. The number of halogens is 1. The summed E-state index contributed by atoms with van der Waals surface area (Å²) < 4.78 is 19.6. The third-order valence-corrected chi connectivity index (χ3v) is 1.07. The lowest BCUT2D eigenvalue weighted by atomic mass is 10.2. The number of benzene rings is 1. The van der Waals surface area contributed by atoms with Gasteiger partial charge in [-0.1, -0.05) is 18.2 Å². The van der Waals surface area contributed by atoms with E-state index in [1.165, 1.54) is 12.1 Å². The van der Waals surface area contributed by atoms with Crippen molar-refractivity contribution < 1.29 is 10.9 Å². The van der Waals surface area contributed by atoms with E-state index in [1.807, 2.05) is 0 Å². The maximum absolute atomic E-state index is 12.6. The lowest BCUT2D eigenvalue weighted by Crippen LogP contribution is -1.86. The predicted molar refractivity (Wildman–Crippen MR) is 32.3 cm³/mol. The minimum absolute atomic E-state index is 0.120. The van der Waals surface area contributed by atoms with E-state index in [-0.39, 0.29) is 18.2 Å². The van der Waals surface area contributed by atoms with Crippen molar-refractivity contribution >= 4 is 0 Å². The lowest BCUT2D eigenvalue weighted by molar-refractivity contribution is 0.276. The van der Waals surface area contributed by atoms with Gasteiger partial charge in [0.2, 0.25) is 0 Å². The van der Waals surface area contributed by atoms with Crippen LogP contribution in [0.4, 0.5) is 4.39 Å². The average molecular weight is 127 g/mol. The Kier molecular flexibility index (Phi) is 1.43. The molecule has 9 heavy (non-hydrogen) atoms. The normalized spacial score (nSPS) is 11.1. The summed E-state index contributed by atoms with van der Waals surface area (Å²) in [5, 5.41) is 8.51. The zero-order valence-corrected chi connectivity index (χ0v) is 4.76. The van der Waals surface area contributed by atoms with Crippen LogP contribution >= 0.6 is 0 Å². The van der Waals surface area contributed by atoms with Gasteiger partial charge in [0, 0.05) is 5.56 Å². The molecule has 0 aromatic heterocycles. The molecule has 0 spiro atoms. The van der Waals surface area contributed by atoms with E-state index in [0.717, 1.165) is 6.07 Å². The fourth-order valence-electron chi connectivity index (χ4n) is 0.571. The van der Waals surface area contributed by atoms with Crippen LogP contribution in [0.15, 0.2) is 24.2 Å². The molecule has 2 heteroatoms. The van der Waals surface area contributed by atoms with Gasteiger partial charge in [-0.2, -0.15) is 0 Å². The Morgan fingerprint density at radius 1 is 1.67 bits per heavy atom. The maximum Gasteiger partial charge on any atom is 0.128 e. The zero-order chi connectivity index (χ0) is 7.56. The fourth-order valence-corrected chi connectivity index (χ4v) is 0.571. The summed E-state index contributed by atoms with van der Waals surface area (Å²) in [6.45, 7) is -0.313. The Labute approximate surface area is 54.2 Å². The summed E-state index contributed by atoms with van der Waals surface area (Å²) in [4.78, 5) is 0. The van der Waals surface area contributed by atoms with Gasteiger partial charge in [-0.25, -0.2) is 4.39 Å². The minimum atomic E-state index is -0.519. The van der Waals surface area contributed by atoms with Crippen molar-refractivity contribution in [1.29, 1.82) is 0 Å². The van der Waals surface area contributed by atoms with Crippen LogP contribution in [0.25, 0.3) is 0 Å². The second-order valence-corrected chi connectivity index (χ2v) is 1.68. The van der Waals surface area contributed by atoms with Crippen LogP contribution in [0.5, 0.6) is 0 Å². The highest BCUT2D eigenvalue weighted by molar-refractivity contribution is 5.15. The van der Waals surface area contributed by atoms with E-state index in [9.17, 15) is 4.39 Å². The van der Waals surface area contributed by atoms with E-state index in [2.05, 4.69) is 0 Å². The molecule has 0 unspecified atom stereocenters. The molecule has 0 saturated heterocycles. The minimum Gasteiger partial charge on any atom is -0.392 e. The van der Waals surface area contributed by atoms with Crippen LogP contribution in [0, 0.1) is 5.82 Å². The molecule has 0 aliphatic rings. The van der Waals surface area contributed by atoms with Gasteiger partial charge in [0.1, 0.15) is 5.82 Å². The Balaban J connectivity index is 3.07. The Morgan fingerprint density at radius 3 is 3.00 bits per heavy atom. The van der Waals surface area contributed by atoms with Gasteiger partial charge < -0.3 is 5.11 Å². The van der Waals surface area contributed by atoms with Crippen LogP contribution in [-0.2, 0) is 6.61 Å². The molecular formula is C7H7FO. The maximum atomic E-state index is 12.6. The van der Waals surface area contributed by atoms with Gasteiger partial charge in [-0.05, 0) is 6.07 Å². The molecule has 0 atom stereocenters. The van der Waals surface area contributed by atoms with E-state index in [0.29, 0.717) is 0 Å². The van der Waals surface area contributed by atoms with Crippen molar-refractivity contribution in [1.82, 2.24) is 0 Å². The molecule has 0 amide bonds. The van der Waals surface area contributed by atoms with Crippen molar-refractivity contribution in [2.75, 3.05) is 0 Å². The quantitative estimate of drug-likeness (QED) is 0.603. The number of rotatable bonds is 1. The van der Waals surface area contributed by atoms with Gasteiger partial charge in [0.05, 0.1) is 7.98 Å². The number of aliphatic hydroxyl groups excluding tert-OH is 1. The van der Waals surface area contributed by atoms with Gasteiger partial charge in [0.25, 0.3) is 0 Å². The van der Waals surface area contributed by atoms with Gasteiger partial charge in [0.15, 0.2) is 0 Å². The topological polar surface area (TPSA) is 20.2 Å². The molecule has 1 aromatic carbocycles. The molecular weight excluding hydrogens is 119 g/mol. The van der Waals surface area contributed by atoms with Crippen molar-refractivity contribution in [3.8, 4) is 0 Å². The molecule has 0 heterocycles.